The van der Waals surface area contributed by atoms with Crippen LogP contribution in [0, 0.1) is 0 Å². The molecule has 1 heterocycles. The molecule has 0 bridgehead atoms. The van der Waals surface area contributed by atoms with Gasteiger partial charge < -0.3 is 10.2 Å². The second-order valence-corrected chi connectivity index (χ2v) is 9.68. The molecule has 0 saturated heterocycles. The molecule has 0 radical (unpaired) electrons. The van der Waals surface area contributed by atoms with E-state index in [-0.39, 0.29) is 0 Å². The van der Waals surface area contributed by atoms with Crippen LogP contribution >= 0.6 is 0 Å². The molecule has 0 amide bonds. The average molecular weight is 492 g/mol. The molecule has 2 N–H and O–H groups in total. The van der Waals surface area contributed by atoms with Gasteiger partial charge in [0.05, 0.1) is 0 Å². The molecule has 0 spiro atoms. The Bertz CT molecular complexity index is 1770. The van der Waals surface area contributed by atoms with Crippen LogP contribution in [0.4, 0.5) is 0 Å². The summed E-state index contributed by atoms with van der Waals surface area (Å²) in [5, 5.41) is 2.33. The van der Waals surface area contributed by atoms with Gasteiger partial charge in [-0.3, -0.25) is 0 Å². The van der Waals surface area contributed by atoms with Crippen molar-refractivity contribution in [1.29, 1.82) is 0 Å². The van der Waals surface area contributed by atoms with E-state index < -0.39 is 0 Å². The third-order valence-corrected chi connectivity index (χ3v) is 7.11. The van der Waals surface area contributed by atoms with E-state index in [0.717, 1.165) is 45.4 Å². The SMILES string of the molecule is C/C(=C\C=C(/N)c1ccc(-c2ccccc2)cc1)c1ccc2oc3cccc(Cc4ccccc4)c3c2c1. The van der Waals surface area contributed by atoms with Crippen LogP contribution in [0.15, 0.2) is 138 Å². The lowest BCUT2D eigenvalue weighted by Crippen LogP contribution is -1.95. The second-order valence-electron chi connectivity index (χ2n) is 9.68. The molecule has 5 aromatic carbocycles. The van der Waals surface area contributed by atoms with Crippen molar-refractivity contribution in [3.05, 3.63) is 156 Å². The van der Waals surface area contributed by atoms with Gasteiger partial charge in [0.1, 0.15) is 11.2 Å². The molecule has 0 aliphatic heterocycles. The van der Waals surface area contributed by atoms with Crippen molar-refractivity contribution in [2.45, 2.75) is 13.3 Å². The van der Waals surface area contributed by atoms with Crippen LogP contribution in [-0.4, -0.2) is 0 Å². The Morgan fingerprint density at radius 2 is 1.34 bits per heavy atom. The highest BCUT2D eigenvalue weighted by Gasteiger charge is 2.12. The number of allylic oxidation sites excluding steroid dienone is 3. The number of rotatable bonds is 6. The summed E-state index contributed by atoms with van der Waals surface area (Å²) in [7, 11) is 0. The molecular weight excluding hydrogens is 462 g/mol. The Hall–Kier alpha value is -4.82. The van der Waals surface area contributed by atoms with Gasteiger partial charge in [-0.25, -0.2) is 0 Å². The zero-order chi connectivity index (χ0) is 25.9. The van der Waals surface area contributed by atoms with Crippen LogP contribution in [0.25, 0.3) is 44.3 Å². The molecule has 0 fully saturated rings. The van der Waals surface area contributed by atoms with Crippen molar-refractivity contribution in [2.24, 2.45) is 5.73 Å². The number of benzene rings is 5. The van der Waals surface area contributed by atoms with Crippen molar-refractivity contribution >= 4 is 33.2 Å². The Balaban J connectivity index is 1.30. The maximum absolute atomic E-state index is 6.45. The van der Waals surface area contributed by atoms with Gasteiger partial charge in [-0.2, -0.15) is 0 Å². The van der Waals surface area contributed by atoms with Crippen molar-refractivity contribution < 1.29 is 4.42 Å². The van der Waals surface area contributed by atoms with Crippen molar-refractivity contribution in [3.8, 4) is 11.1 Å². The fourth-order valence-corrected chi connectivity index (χ4v) is 5.00. The minimum atomic E-state index is 0.740. The molecule has 0 atom stereocenters. The molecule has 184 valence electrons. The van der Waals surface area contributed by atoms with Crippen LogP contribution in [-0.2, 0) is 6.42 Å². The predicted molar refractivity (Wildman–Crippen MR) is 161 cm³/mol. The maximum Gasteiger partial charge on any atom is 0.135 e. The standard InChI is InChI=1S/C36H29NO/c1-25(15-21-33(37)29-18-16-28(17-19-29)27-11-6-3-7-12-27)30-20-22-34-32(24-30)36-31(13-8-14-35(36)38-34)23-26-9-4-2-5-10-26/h2-22,24H,23,37H2,1H3/b25-15+,33-21-. The van der Waals surface area contributed by atoms with Crippen molar-refractivity contribution in [1.82, 2.24) is 0 Å². The number of hydrogen-bond donors (Lipinski definition) is 1. The van der Waals surface area contributed by atoms with Gasteiger partial charge in [0.25, 0.3) is 0 Å². The van der Waals surface area contributed by atoms with Crippen LogP contribution in [0.3, 0.4) is 0 Å². The zero-order valence-corrected chi connectivity index (χ0v) is 21.4. The minimum Gasteiger partial charge on any atom is -0.456 e. The lowest BCUT2D eigenvalue weighted by Gasteiger charge is -2.06. The molecule has 2 heteroatoms. The second kappa shape index (κ2) is 10.3. The van der Waals surface area contributed by atoms with E-state index in [2.05, 4.69) is 128 Å². The summed E-state index contributed by atoms with van der Waals surface area (Å²) in [5.41, 5.74) is 17.3. The summed E-state index contributed by atoms with van der Waals surface area (Å²) < 4.78 is 6.21. The lowest BCUT2D eigenvalue weighted by molar-refractivity contribution is 0.668. The molecule has 38 heavy (non-hydrogen) atoms. The first-order valence-electron chi connectivity index (χ1n) is 12.9. The van der Waals surface area contributed by atoms with Crippen LogP contribution in [0.1, 0.15) is 29.2 Å². The van der Waals surface area contributed by atoms with Gasteiger partial charge in [-0.05, 0) is 76.6 Å². The molecule has 0 aliphatic rings. The molecule has 0 saturated carbocycles. The number of hydrogen-bond acceptors (Lipinski definition) is 2. The van der Waals surface area contributed by atoms with Crippen LogP contribution in [0.2, 0.25) is 0 Å². The predicted octanol–water partition coefficient (Wildman–Crippen LogP) is 9.25. The third-order valence-electron chi connectivity index (χ3n) is 7.11. The van der Waals surface area contributed by atoms with Crippen molar-refractivity contribution in [2.75, 3.05) is 0 Å². The van der Waals surface area contributed by atoms with Gasteiger partial charge in [0.2, 0.25) is 0 Å². The summed E-state index contributed by atoms with van der Waals surface area (Å²) in [6.45, 7) is 2.12. The highest BCUT2D eigenvalue weighted by atomic mass is 16.3. The highest BCUT2D eigenvalue weighted by Crippen LogP contribution is 2.34. The van der Waals surface area contributed by atoms with E-state index in [1.54, 1.807) is 0 Å². The topological polar surface area (TPSA) is 39.2 Å². The highest BCUT2D eigenvalue weighted by molar-refractivity contribution is 6.07. The Morgan fingerprint density at radius 1 is 0.658 bits per heavy atom. The summed E-state index contributed by atoms with van der Waals surface area (Å²) in [6, 6.07) is 42.1. The van der Waals surface area contributed by atoms with Gasteiger partial charge in [-0.15, -0.1) is 0 Å². The molecule has 2 nitrogen and oxygen atoms in total. The van der Waals surface area contributed by atoms with Crippen molar-refractivity contribution in [3.63, 3.8) is 0 Å². The molecule has 1 aromatic heterocycles. The number of furan rings is 1. The summed E-state index contributed by atoms with van der Waals surface area (Å²) in [4.78, 5) is 0. The number of nitrogens with two attached hydrogens (primary N) is 1. The summed E-state index contributed by atoms with van der Waals surface area (Å²) in [6.07, 6.45) is 4.95. The minimum absolute atomic E-state index is 0.740. The monoisotopic (exact) mass is 491 g/mol. The Morgan fingerprint density at radius 3 is 2.11 bits per heavy atom. The smallest absolute Gasteiger partial charge is 0.135 e. The molecule has 0 aliphatic carbocycles. The first kappa shape index (κ1) is 23.6. The molecule has 6 rings (SSSR count). The number of fused-ring (bicyclic) bond motifs is 3. The van der Waals surface area contributed by atoms with Gasteiger partial charge in [0, 0.05) is 16.5 Å². The normalized spacial score (nSPS) is 12.3. The fraction of sp³-hybridized carbons (Fsp3) is 0.0556. The average Bonchev–Trinajstić information content (AvgIpc) is 3.36. The van der Waals surface area contributed by atoms with E-state index in [0.29, 0.717) is 0 Å². The van der Waals surface area contributed by atoms with Gasteiger partial charge >= 0.3 is 0 Å². The molecule has 6 aromatic rings. The summed E-state index contributed by atoms with van der Waals surface area (Å²) in [5.74, 6) is 0. The zero-order valence-electron chi connectivity index (χ0n) is 21.4. The van der Waals surface area contributed by atoms with E-state index in [1.165, 1.54) is 27.6 Å². The fourth-order valence-electron chi connectivity index (χ4n) is 5.00. The Kier molecular flexibility index (Phi) is 6.37. The molecule has 0 unspecified atom stereocenters. The Labute approximate surface area is 223 Å². The van der Waals surface area contributed by atoms with Gasteiger partial charge in [-0.1, -0.05) is 109 Å². The lowest BCUT2D eigenvalue weighted by atomic mass is 9.97. The summed E-state index contributed by atoms with van der Waals surface area (Å²) >= 11 is 0. The van der Waals surface area contributed by atoms with E-state index >= 15 is 0 Å². The maximum atomic E-state index is 6.45. The van der Waals surface area contributed by atoms with Crippen LogP contribution in [0.5, 0.6) is 0 Å². The first-order valence-corrected chi connectivity index (χ1v) is 12.9. The van der Waals surface area contributed by atoms with Crippen LogP contribution < -0.4 is 5.73 Å². The first-order chi connectivity index (χ1) is 18.7. The quantitative estimate of drug-likeness (QED) is 0.236. The van der Waals surface area contributed by atoms with E-state index in [1.807, 2.05) is 12.1 Å². The van der Waals surface area contributed by atoms with E-state index in [9.17, 15) is 0 Å². The van der Waals surface area contributed by atoms with Gasteiger partial charge in [0.15, 0.2) is 0 Å². The third kappa shape index (κ3) is 4.77. The molecular formula is C36H29NO. The van der Waals surface area contributed by atoms with E-state index in [4.69, 9.17) is 10.2 Å². The largest absolute Gasteiger partial charge is 0.456 e.